The zero-order chi connectivity index (χ0) is 5.98. The smallest absolute Gasteiger partial charge is 0.0275 e. The zero-order valence-electron chi connectivity index (χ0n) is 5.15. The van der Waals surface area contributed by atoms with Crippen LogP contribution in [0.5, 0.6) is 0 Å². The molecule has 0 saturated carbocycles. The molecule has 2 unspecified atom stereocenters. The highest BCUT2D eigenvalue weighted by Gasteiger charge is 2.21. The predicted octanol–water partition coefficient (Wildman–Crippen LogP) is 1.42. The van der Waals surface area contributed by atoms with Crippen LogP contribution in [-0.2, 0) is 0 Å². The quantitative estimate of drug-likeness (QED) is 0.525. The molecule has 0 aromatic carbocycles. The van der Waals surface area contributed by atoms with Gasteiger partial charge in [0.15, 0.2) is 0 Å². The SMILES string of the molecule is CCC1CNCC1I. The van der Waals surface area contributed by atoms with Gasteiger partial charge in [-0.1, -0.05) is 35.9 Å². The van der Waals surface area contributed by atoms with Crippen molar-refractivity contribution in [3.8, 4) is 0 Å². The Balaban J connectivity index is 2.30. The Hall–Kier alpha value is 0.690. The number of hydrogen-bond donors (Lipinski definition) is 1. The van der Waals surface area contributed by atoms with Gasteiger partial charge in [-0.25, -0.2) is 0 Å². The molecule has 1 aliphatic rings. The van der Waals surface area contributed by atoms with E-state index in [9.17, 15) is 0 Å². The first-order chi connectivity index (χ1) is 3.84. The van der Waals surface area contributed by atoms with Crippen LogP contribution in [0.2, 0.25) is 0 Å². The minimum absolute atomic E-state index is 0.887. The molecule has 1 heterocycles. The van der Waals surface area contributed by atoms with E-state index in [2.05, 4.69) is 34.8 Å². The summed E-state index contributed by atoms with van der Waals surface area (Å²) in [7, 11) is 0. The van der Waals surface area contributed by atoms with Crippen molar-refractivity contribution in [1.29, 1.82) is 0 Å². The molecule has 0 radical (unpaired) electrons. The molecule has 0 aromatic heterocycles. The Bertz CT molecular complexity index is 74.9. The third-order valence-corrected chi connectivity index (χ3v) is 3.24. The highest BCUT2D eigenvalue weighted by atomic mass is 127. The Kier molecular flexibility index (Phi) is 2.56. The topological polar surface area (TPSA) is 12.0 Å². The van der Waals surface area contributed by atoms with Gasteiger partial charge in [0.25, 0.3) is 0 Å². The van der Waals surface area contributed by atoms with Crippen LogP contribution in [0.25, 0.3) is 0 Å². The van der Waals surface area contributed by atoms with Crippen molar-refractivity contribution in [1.82, 2.24) is 5.32 Å². The summed E-state index contributed by atoms with van der Waals surface area (Å²) in [6, 6.07) is 0. The average molecular weight is 225 g/mol. The van der Waals surface area contributed by atoms with Crippen molar-refractivity contribution in [2.45, 2.75) is 17.3 Å². The highest BCUT2D eigenvalue weighted by Crippen LogP contribution is 2.19. The second-order valence-corrected chi connectivity index (χ2v) is 3.94. The first-order valence-electron chi connectivity index (χ1n) is 3.19. The molecule has 0 bridgehead atoms. The largest absolute Gasteiger partial charge is 0.315 e. The summed E-state index contributed by atoms with van der Waals surface area (Å²) in [4.78, 5) is 0. The minimum atomic E-state index is 0.887. The number of rotatable bonds is 1. The molecule has 0 spiro atoms. The minimum Gasteiger partial charge on any atom is -0.315 e. The maximum absolute atomic E-state index is 3.37. The van der Waals surface area contributed by atoms with Crippen molar-refractivity contribution in [2.75, 3.05) is 13.1 Å². The Morgan fingerprint density at radius 3 is 2.62 bits per heavy atom. The molecule has 1 rings (SSSR count). The van der Waals surface area contributed by atoms with Gasteiger partial charge in [0.1, 0.15) is 0 Å². The van der Waals surface area contributed by atoms with E-state index in [0.717, 1.165) is 9.84 Å². The van der Waals surface area contributed by atoms with Gasteiger partial charge in [-0.3, -0.25) is 0 Å². The number of alkyl halides is 1. The number of nitrogens with one attached hydrogen (secondary N) is 1. The molecule has 2 heteroatoms. The van der Waals surface area contributed by atoms with Crippen LogP contribution < -0.4 is 5.32 Å². The predicted molar refractivity (Wildman–Crippen MR) is 44.5 cm³/mol. The second kappa shape index (κ2) is 3.01. The number of halogens is 1. The first-order valence-corrected chi connectivity index (χ1v) is 4.44. The third-order valence-electron chi connectivity index (χ3n) is 1.78. The molecule has 1 aliphatic heterocycles. The molecule has 0 aliphatic carbocycles. The average Bonchev–Trinajstić information content (AvgIpc) is 2.14. The molecular formula is C6H12IN. The van der Waals surface area contributed by atoms with E-state index in [1.54, 1.807) is 0 Å². The van der Waals surface area contributed by atoms with Gasteiger partial charge < -0.3 is 5.32 Å². The summed E-state index contributed by atoms with van der Waals surface area (Å²) in [5, 5.41) is 3.37. The molecule has 1 N–H and O–H groups in total. The summed E-state index contributed by atoms with van der Waals surface area (Å²) in [6.45, 7) is 4.73. The van der Waals surface area contributed by atoms with Gasteiger partial charge >= 0.3 is 0 Å². The Labute approximate surface area is 64.4 Å². The van der Waals surface area contributed by atoms with E-state index < -0.39 is 0 Å². The fourth-order valence-corrected chi connectivity index (χ4v) is 2.18. The van der Waals surface area contributed by atoms with Crippen LogP contribution >= 0.6 is 22.6 Å². The van der Waals surface area contributed by atoms with E-state index in [1.165, 1.54) is 19.5 Å². The standard InChI is InChI=1S/C6H12IN/c1-2-5-3-8-4-6(5)7/h5-6,8H,2-4H2,1H3. The highest BCUT2D eigenvalue weighted by molar-refractivity contribution is 14.1. The molecule has 1 nitrogen and oxygen atoms in total. The lowest BCUT2D eigenvalue weighted by molar-refractivity contribution is 0.583. The lowest BCUT2D eigenvalue weighted by Crippen LogP contribution is -2.08. The van der Waals surface area contributed by atoms with Crippen LogP contribution in [0, 0.1) is 5.92 Å². The summed E-state index contributed by atoms with van der Waals surface area (Å²) in [5.74, 6) is 0.940. The maximum Gasteiger partial charge on any atom is 0.0275 e. The van der Waals surface area contributed by atoms with Crippen molar-refractivity contribution in [3.63, 3.8) is 0 Å². The molecule has 1 saturated heterocycles. The van der Waals surface area contributed by atoms with Gasteiger partial charge in [-0.2, -0.15) is 0 Å². The van der Waals surface area contributed by atoms with E-state index >= 15 is 0 Å². The molecule has 48 valence electrons. The monoisotopic (exact) mass is 225 g/mol. The first kappa shape index (κ1) is 6.81. The molecule has 1 fully saturated rings. The summed E-state index contributed by atoms with van der Waals surface area (Å²) >= 11 is 2.53. The van der Waals surface area contributed by atoms with Crippen LogP contribution in [-0.4, -0.2) is 17.0 Å². The molecule has 0 aromatic rings. The zero-order valence-corrected chi connectivity index (χ0v) is 7.31. The van der Waals surface area contributed by atoms with Crippen LogP contribution in [0.4, 0.5) is 0 Å². The fourth-order valence-electron chi connectivity index (χ4n) is 1.10. The summed E-state index contributed by atoms with van der Waals surface area (Å²) < 4.78 is 0.887. The van der Waals surface area contributed by atoms with Gasteiger partial charge in [0.2, 0.25) is 0 Å². The molecule has 2 atom stereocenters. The van der Waals surface area contributed by atoms with Crippen LogP contribution in [0.15, 0.2) is 0 Å². The van der Waals surface area contributed by atoms with Gasteiger partial charge in [0.05, 0.1) is 0 Å². The Morgan fingerprint density at radius 1 is 1.62 bits per heavy atom. The molecule has 0 amide bonds. The second-order valence-electron chi connectivity index (χ2n) is 2.34. The summed E-state index contributed by atoms with van der Waals surface area (Å²) in [5.41, 5.74) is 0. The van der Waals surface area contributed by atoms with Gasteiger partial charge in [-0.15, -0.1) is 0 Å². The Morgan fingerprint density at radius 2 is 2.38 bits per heavy atom. The lowest BCUT2D eigenvalue weighted by atomic mass is 10.1. The van der Waals surface area contributed by atoms with Crippen molar-refractivity contribution < 1.29 is 0 Å². The normalized spacial score (nSPS) is 38.2. The van der Waals surface area contributed by atoms with Crippen molar-refractivity contribution in [3.05, 3.63) is 0 Å². The van der Waals surface area contributed by atoms with E-state index in [1.807, 2.05) is 0 Å². The van der Waals surface area contributed by atoms with E-state index in [4.69, 9.17) is 0 Å². The summed E-state index contributed by atoms with van der Waals surface area (Å²) in [6.07, 6.45) is 1.33. The lowest BCUT2D eigenvalue weighted by Gasteiger charge is -2.07. The van der Waals surface area contributed by atoms with E-state index in [-0.39, 0.29) is 0 Å². The molecule has 8 heavy (non-hydrogen) atoms. The van der Waals surface area contributed by atoms with E-state index in [0.29, 0.717) is 0 Å². The maximum atomic E-state index is 3.37. The number of hydrogen-bond acceptors (Lipinski definition) is 1. The van der Waals surface area contributed by atoms with Crippen LogP contribution in [0.1, 0.15) is 13.3 Å². The van der Waals surface area contributed by atoms with Gasteiger partial charge in [-0.05, 0) is 12.5 Å². The molecular weight excluding hydrogens is 213 g/mol. The van der Waals surface area contributed by atoms with Crippen LogP contribution in [0.3, 0.4) is 0 Å². The van der Waals surface area contributed by atoms with Crippen molar-refractivity contribution in [2.24, 2.45) is 5.92 Å². The fraction of sp³-hybridized carbons (Fsp3) is 1.00. The van der Waals surface area contributed by atoms with Gasteiger partial charge in [0, 0.05) is 10.5 Å². The van der Waals surface area contributed by atoms with Crippen molar-refractivity contribution >= 4 is 22.6 Å². The third kappa shape index (κ3) is 1.35.